The largest absolute Gasteiger partial charge is 0.493 e. The maximum atomic E-state index is 12.3. The molecule has 1 amide bonds. The van der Waals surface area contributed by atoms with Gasteiger partial charge in [-0.1, -0.05) is 24.3 Å². The Morgan fingerprint density at radius 3 is 2.44 bits per heavy atom. The van der Waals surface area contributed by atoms with Gasteiger partial charge in [-0.3, -0.25) is 9.59 Å². The van der Waals surface area contributed by atoms with E-state index in [4.69, 9.17) is 9.47 Å². The second-order valence-corrected chi connectivity index (χ2v) is 6.42. The van der Waals surface area contributed by atoms with Crippen molar-refractivity contribution in [3.63, 3.8) is 0 Å². The van der Waals surface area contributed by atoms with Crippen molar-refractivity contribution in [3.8, 4) is 11.5 Å². The van der Waals surface area contributed by atoms with Gasteiger partial charge >= 0.3 is 5.97 Å². The lowest BCUT2D eigenvalue weighted by molar-refractivity contribution is -0.134. The van der Waals surface area contributed by atoms with Crippen molar-refractivity contribution < 1.29 is 19.1 Å². The van der Waals surface area contributed by atoms with Crippen LogP contribution in [-0.2, 0) is 4.79 Å². The molecule has 144 valence electrons. The first-order valence-corrected chi connectivity index (χ1v) is 9.21. The normalized spacial score (nSPS) is 10.4. The number of rotatable bonds is 8. The van der Waals surface area contributed by atoms with Gasteiger partial charge in [0.15, 0.2) is 0 Å². The number of amides is 1. The van der Waals surface area contributed by atoms with Crippen LogP contribution in [0, 0.1) is 20.8 Å². The molecule has 2 rings (SSSR count). The lowest BCUT2D eigenvalue weighted by Crippen LogP contribution is -2.25. The summed E-state index contributed by atoms with van der Waals surface area (Å²) in [4.78, 5) is 24.4. The van der Waals surface area contributed by atoms with Crippen molar-refractivity contribution >= 4 is 11.9 Å². The summed E-state index contributed by atoms with van der Waals surface area (Å²) in [5.74, 6) is 0.686. The summed E-state index contributed by atoms with van der Waals surface area (Å²) >= 11 is 0. The number of nitrogens with one attached hydrogen (secondary N) is 1. The minimum absolute atomic E-state index is 0.210. The first kappa shape index (κ1) is 20.5. The van der Waals surface area contributed by atoms with Crippen molar-refractivity contribution in [1.29, 1.82) is 0 Å². The van der Waals surface area contributed by atoms with Gasteiger partial charge in [-0.15, -0.1) is 0 Å². The van der Waals surface area contributed by atoms with Gasteiger partial charge in [0.1, 0.15) is 11.5 Å². The summed E-state index contributed by atoms with van der Waals surface area (Å²) in [5.41, 5.74) is 3.49. The summed E-state index contributed by atoms with van der Waals surface area (Å²) in [5, 5.41) is 2.82. The van der Waals surface area contributed by atoms with Crippen LogP contribution in [0.25, 0.3) is 0 Å². The highest BCUT2D eigenvalue weighted by atomic mass is 16.5. The van der Waals surface area contributed by atoms with E-state index in [0.717, 1.165) is 16.7 Å². The van der Waals surface area contributed by atoms with Crippen LogP contribution in [0.1, 0.15) is 46.8 Å². The van der Waals surface area contributed by atoms with E-state index in [1.54, 1.807) is 18.2 Å². The Balaban J connectivity index is 1.83. The van der Waals surface area contributed by atoms with E-state index >= 15 is 0 Å². The second kappa shape index (κ2) is 9.76. The molecule has 0 aliphatic heterocycles. The van der Waals surface area contributed by atoms with Crippen LogP contribution in [0.15, 0.2) is 36.4 Å². The molecule has 27 heavy (non-hydrogen) atoms. The Labute approximate surface area is 160 Å². The second-order valence-electron chi connectivity index (χ2n) is 6.42. The third kappa shape index (κ3) is 5.58. The molecule has 2 aromatic rings. The lowest BCUT2D eigenvalue weighted by Gasteiger charge is -2.13. The van der Waals surface area contributed by atoms with Gasteiger partial charge in [-0.2, -0.15) is 0 Å². The molecule has 0 saturated carbocycles. The molecular weight excluding hydrogens is 342 g/mol. The molecule has 5 nitrogen and oxygen atoms in total. The van der Waals surface area contributed by atoms with E-state index in [-0.39, 0.29) is 18.3 Å². The standard InChI is InChI=1S/C22H27NO4/c1-5-26-19-10-7-6-9-18(19)22(25)23-14-8-11-20(24)27-21-16(3)13-12-15(2)17(21)4/h6-7,9-10,12-13H,5,8,11,14H2,1-4H3,(H,23,25). The number of carbonyl (C=O) groups excluding carboxylic acids is 2. The summed E-state index contributed by atoms with van der Waals surface area (Å²) in [6.45, 7) is 8.61. The van der Waals surface area contributed by atoms with Gasteiger partial charge in [0.2, 0.25) is 0 Å². The van der Waals surface area contributed by atoms with Crippen LogP contribution in [0.4, 0.5) is 0 Å². The third-order valence-electron chi connectivity index (χ3n) is 4.36. The van der Waals surface area contributed by atoms with Gasteiger partial charge in [-0.25, -0.2) is 0 Å². The Kier molecular flexibility index (Phi) is 7.41. The number of benzene rings is 2. The Morgan fingerprint density at radius 2 is 1.70 bits per heavy atom. The third-order valence-corrected chi connectivity index (χ3v) is 4.36. The van der Waals surface area contributed by atoms with Crippen molar-refractivity contribution in [2.75, 3.05) is 13.2 Å². The van der Waals surface area contributed by atoms with E-state index in [1.165, 1.54) is 0 Å². The molecule has 0 fully saturated rings. The first-order chi connectivity index (χ1) is 12.9. The highest BCUT2D eigenvalue weighted by Gasteiger charge is 2.13. The van der Waals surface area contributed by atoms with E-state index in [2.05, 4.69) is 5.32 Å². The zero-order valence-electron chi connectivity index (χ0n) is 16.4. The van der Waals surface area contributed by atoms with Crippen molar-refractivity contribution in [2.24, 2.45) is 0 Å². The molecule has 0 spiro atoms. The molecule has 0 aromatic heterocycles. The predicted molar refractivity (Wildman–Crippen MR) is 105 cm³/mol. The fourth-order valence-electron chi connectivity index (χ4n) is 2.71. The smallest absolute Gasteiger partial charge is 0.311 e. The van der Waals surface area contributed by atoms with E-state index in [9.17, 15) is 9.59 Å². The summed E-state index contributed by atoms with van der Waals surface area (Å²) in [7, 11) is 0. The highest BCUT2D eigenvalue weighted by Crippen LogP contribution is 2.26. The first-order valence-electron chi connectivity index (χ1n) is 9.21. The number of para-hydroxylation sites is 1. The number of hydrogen-bond acceptors (Lipinski definition) is 4. The Hall–Kier alpha value is -2.82. The summed E-state index contributed by atoms with van der Waals surface area (Å²) < 4.78 is 11.0. The van der Waals surface area contributed by atoms with Gasteiger partial charge in [0.05, 0.1) is 12.2 Å². The maximum Gasteiger partial charge on any atom is 0.311 e. The topological polar surface area (TPSA) is 64.6 Å². The quantitative estimate of drug-likeness (QED) is 0.432. The van der Waals surface area contributed by atoms with Crippen LogP contribution >= 0.6 is 0 Å². The molecule has 0 radical (unpaired) electrons. The molecule has 0 heterocycles. The van der Waals surface area contributed by atoms with E-state index in [0.29, 0.717) is 36.6 Å². The summed E-state index contributed by atoms with van der Waals surface area (Å²) in [6.07, 6.45) is 0.742. The Morgan fingerprint density at radius 1 is 1.00 bits per heavy atom. The molecule has 1 N–H and O–H groups in total. The molecule has 0 unspecified atom stereocenters. The molecule has 0 aliphatic rings. The van der Waals surface area contributed by atoms with Crippen LogP contribution in [0.3, 0.4) is 0 Å². The maximum absolute atomic E-state index is 12.3. The molecule has 0 atom stereocenters. The van der Waals surface area contributed by atoms with E-state index < -0.39 is 0 Å². The minimum Gasteiger partial charge on any atom is -0.493 e. The number of aryl methyl sites for hydroxylation is 2. The SMILES string of the molecule is CCOc1ccccc1C(=O)NCCCC(=O)Oc1c(C)ccc(C)c1C. The van der Waals surface area contributed by atoms with Crippen LogP contribution in [0.2, 0.25) is 0 Å². The molecular formula is C22H27NO4. The van der Waals surface area contributed by atoms with Gasteiger partial charge < -0.3 is 14.8 Å². The fourth-order valence-corrected chi connectivity index (χ4v) is 2.71. The minimum atomic E-state index is -0.296. The molecule has 0 saturated heterocycles. The number of ether oxygens (including phenoxy) is 2. The van der Waals surface area contributed by atoms with Crippen LogP contribution in [-0.4, -0.2) is 25.0 Å². The summed E-state index contributed by atoms with van der Waals surface area (Å²) in [6, 6.07) is 11.1. The predicted octanol–water partition coefficient (Wildman–Crippen LogP) is 4.13. The zero-order chi connectivity index (χ0) is 19.8. The number of hydrogen-bond donors (Lipinski definition) is 1. The fraction of sp³-hybridized carbons (Fsp3) is 0.364. The molecule has 2 aromatic carbocycles. The average Bonchev–Trinajstić information content (AvgIpc) is 2.66. The molecule has 0 bridgehead atoms. The average molecular weight is 369 g/mol. The zero-order valence-corrected chi connectivity index (χ0v) is 16.4. The lowest BCUT2D eigenvalue weighted by atomic mass is 10.1. The van der Waals surface area contributed by atoms with Crippen LogP contribution < -0.4 is 14.8 Å². The Bertz CT molecular complexity index is 814. The van der Waals surface area contributed by atoms with Crippen molar-refractivity contribution in [3.05, 3.63) is 58.7 Å². The van der Waals surface area contributed by atoms with Gasteiger partial charge in [-0.05, 0) is 62.9 Å². The molecule has 5 heteroatoms. The monoisotopic (exact) mass is 369 g/mol. The highest BCUT2D eigenvalue weighted by molar-refractivity contribution is 5.96. The van der Waals surface area contributed by atoms with Gasteiger partial charge in [0.25, 0.3) is 5.91 Å². The van der Waals surface area contributed by atoms with E-state index in [1.807, 2.05) is 45.9 Å². The van der Waals surface area contributed by atoms with Crippen molar-refractivity contribution in [1.82, 2.24) is 5.32 Å². The number of carbonyl (C=O) groups is 2. The number of esters is 1. The van der Waals surface area contributed by atoms with Gasteiger partial charge in [0, 0.05) is 13.0 Å². The molecule has 0 aliphatic carbocycles. The van der Waals surface area contributed by atoms with Crippen LogP contribution in [0.5, 0.6) is 11.5 Å². The van der Waals surface area contributed by atoms with Crippen molar-refractivity contribution in [2.45, 2.75) is 40.5 Å².